The summed E-state index contributed by atoms with van der Waals surface area (Å²) >= 11 is 0. The van der Waals surface area contributed by atoms with Crippen molar-refractivity contribution in [1.82, 2.24) is 4.31 Å². The SMILES string of the molecule is CC[NH+]1CCN(S(=O)(=O)c2ccccc2C(F)(F)F)CC1. The van der Waals surface area contributed by atoms with Crippen LogP contribution in [-0.2, 0) is 16.2 Å². The molecule has 2 rings (SSSR count). The minimum Gasteiger partial charge on any atom is -0.333 e. The van der Waals surface area contributed by atoms with Crippen molar-refractivity contribution in [2.75, 3.05) is 32.7 Å². The van der Waals surface area contributed by atoms with E-state index in [-0.39, 0.29) is 13.1 Å². The molecule has 21 heavy (non-hydrogen) atoms. The molecule has 1 saturated heterocycles. The zero-order valence-electron chi connectivity index (χ0n) is 11.7. The van der Waals surface area contributed by atoms with Crippen LogP contribution < -0.4 is 4.90 Å². The Morgan fingerprint density at radius 2 is 1.76 bits per heavy atom. The maximum Gasteiger partial charge on any atom is 0.417 e. The largest absolute Gasteiger partial charge is 0.417 e. The molecule has 1 N–H and O–H groups in total. The van der Waals surface area contributed by atoms with Crippen LogP contribution in [0.25, 0.3) is 0 Å². The summed E-state index contributed by atoms with van der Waals surface area (Å²) in [6, 6.07) is 4.34. The van der Waals surface area contributed by atoms with Crippen molar-refractivity contribution >= 4 is 10.0 Å². The number of sulfonamides is 1. The van der Waals surface area contributed by atoms with Crippen LogP contribution in [0.15, 0.2) is 29.2 Å². The van der Waals surface area contributed by atoms with Gasteiger partial charge in [0.25, 0.3) is 0 Å². The Bertz CT molecular complexity index is 594. The summed E-state index contributed by atoms with van der Waals surface area (Å²) in [6.07, 6.45) is -4.68. The van der Waals surface area contributed by atoms with Crippen LogP contribution >= 0.6 is 0 Å². The van der Waals surface area contributed by atoms with Crippen LogP contribution in [0.2, 0.25) is 0 Å². The number of halogens is 3. The number of rotatable bonds is 3. The number of benzene rings is 1. The van der Waals surface area contributed by atoms with Crippen molar-refractivity contribution < 1.29 is 26.5 Å². The summed E-state index contributed by atoms with van der Waals surface area (Å²) in [6.45, 7) is 4.61. The summed E-state index contributed by atoms with van der Waals surface area (Å²) in [5.41, 5.74) is -1.10. The molecule has 0 atom stereocenters. The molecule has 1 aromatic carbocycles. The summed E-state index contributed by atoms with van der Waals surface area (Å²) in [5.74, 6) is 0. The fourth-order valence-corrected chi connectivity index (χ4v) is 4.11. The number of hydrogen-bond acceptors (Lipinski definition) is 2. The minimum absolute atomic E-state index is 0.248. The quantitative estimate of drug-likeness (QED) is 0.886. The lowest BCUT2D eigenvalue weighted by atomic mass is 10.2. The third-order valence-electron chi connectivity index (χ3n) is 3.74. The second-order valence-electron chi connectivity index (χ2n) is 5.00. The Labute approximate surface area is 122 Å². The first-order valence-corrected chi connectivity index (χ1v) is 8.20. The van der Waals surface area contributed by atoms with Gasteiger partial charge in [-0.3, -0.25) is 0 Å². The van der Waals surface area contributed by atoms with Gasteiger partial charge in [0.15, 0.2) is 0 Å². The van der Waals surface area contributed by atoms with Crippen molar-refractivity contribution in [3.8, 4) is 0 Å². The van der Waals surface area contributed by atoms with Gasteiger partial charge in [0.2, 0.25) is 10.0 Å². The number of hydrogen-bond donors (Lipinski definition) is 1. The van der Waals surface area contributed by atoms with Crippen LogP contribution in [-0.4, -0.2) is 45.4 Å². The van der Waals surface area contributed by atoms with Crippen molar-refractivity contribution in [2.24, 2.45) is 0 Å². The molecule has 1 aliphatic rings. The second-order valence-corrected chi connectivity index (χ2v) is 6.91. The predicted octanol–water partition coefficient (Wildman–Crippen LogP) is 0.615. The van der Waals surface area contributed by atoms with Gasteiger partial charge in [-0.1, -0.05) is 12.1 Å². The van der Waals surface area contributed by atoms with Gasteiger partial charge in [0.1, 0.15) is 0 Å². The third kappa shape index (κ3) is 3.38. The Morgan fingerprint density at radius 1 is 1.19 bits per heavy atom. The van der Waals surface area contributed by atoms with Gasteiger partial charge >= 0.3 is 6.18 Å². The number of piperazine rings is 1. The molecule has 1 aromatic rings. The van der Waals surface area contributed by atoms with E-state index in [9.17, 15) is 21.6 Å². The van der Waals surface area contributed by atoms with Crippen LogP contribution in [0, 0.1) is 0 Å². The van der Waals surface area contributed by atoms with Crippen molar-refractivity contribution in [2.45, 2.75) is 18.0 Å². The Morgan fingerprint density at radius 3 is 2.29 bits per heavy atom. The van der Waals surface area contributed by atoms with Crippen LogP contribution in [0.1, 0.15) is 12.5 Å². The van der Waals surface area contributed by atoms with Gasteiger partial charge in [-0.25, -0.2) is 8.42 Å². The minimum atomic E-state index is -4.68. The summed E-state index contributed by atoms with van der Waals surface area (Å²) in [4.78, 5) is 0.600. The summed E-state index contributed by atoms with van der Waals surface area (Å²) in [7, 11) is -4.11. The van der Waals surface area contributed by atoms with Gasteiger partial charge in [-0.2, -0.15) is 17.5 Å². The third-order valence-corrected chi connectivity index (χ3v) is 5.70. The van der Waals surface area contributed by atoms with Gasteiger partial charge < -0.3 is 4.90 Å². The van der Waals surface area contributed by atoms with Crippen molar-refractivity contribution in [1.29, 1.82) is 0 Å². The molecule has 1 aliphatic heterocycles. The van der Waals surface area contributed by atoms with E-state index < -0.39 is 26.7 Å². The number of likely N-dealkylation sites (N-methyl/N-ethyl adjacent to an activating group) is 1. The Balaban J connectivity index is 2.33. The standard InChI is InChI=1S/C13H17F3N2O2S/c1-2-17-7-9-18(10-8-17)21(19,20)12-6-4-3-5-11(12)13(14,15)16/h3-6H,2,7-10H2,1H3/p+1. The van der Waals surface area contributed by atoms with E-state index in [0.717, 1.165) is 23.0 Å². The highest BCUT2D eigenvalue weighted by Crippen LogP contribution is 2.35. The van der Waals surface area contributed by atoms with E-state index in [1.807, 2.05) is 6.92 Å². The molecule has 1 heterocycles. The summed E-state index contributed by atoms with van der Waals surface area (Å²) in [5, 5.41) is 0. The van der Waals surface area contributed by atoms with Crippen LogP contribution in [0.3, 0.4) is 0 Å². The van der Waals surface area contributed by atoms with Gasteiger partial charge in [0, 0.05) is 0 Å². The molecule has 118 valence electrons. The molecule has 4 nitrogen and oxygen atoms in total. The lowest BCUT2D eigenvalue weighted by Crippen LogP contribution is -3.14. The molecule has 0 radical (unpaired) electrons. The topological polar surface area (TPSA) is 41.8 Å². The van der Waals surface area contributed by atoms with Gasteiger partial charge in [-0.15, -0.1) is 0 Å². The molecule has 0 amide bonds. The van der Waals surface area contributed by atoms with E-state index in [4.69, 9.17) is 0 Å². The molecule has 0 saturated carbocycles. The average molecular weight is 323 g/mol. The Kier molecular flexibility index (Phi) is 4.60. The molecule has 0 aliphatic carbocycles. The zero-order valence-corrected chi connectivity index (χ0v) is 12.5. The van der Waals surface area contributed by atoms with Gasteiger partial charge in [0.05, 0.1) is 43.2 Å². The first kappa shape index (κ1) is 16.3. The number of nitrogens with zero attached hydrogens (tertiary/aromatic N) is 1. The highest BCUT2D eigenvalue weighted by molar-refractivity contribution is 7.89. The Hall–Kier alpha value is -1.12. The lowest BCUT2D eigenvalue weighted by molar-refractivity contribution is -0.901. The molecule has 8 heteroatoms. The normalized spacial score (nSPS) is 18.9. The van der Waals surface area contributed by atoms with E-state index in [2.05, 4.69) is 0 Å². The van der Waals surface area contributed by atoms with E-state index >= 15 is 0 Å². The van der Waals surface area contributed by atoms with Crippen LogP contribution in [0.4, 0.5) is 13.2 Å². The number of quaternary nitrogens is 1. The molecular formula is C13H18F3N2O2S+. The smallest absolute Gasteiger partial charge is 0.333 e. The van der Waals surface area contributed by atoms with Crippen LogP contribution in [0.5, 0.6) is 0 Å². The monoisotopic (exact) mass is 323 g/mol. The predicted molar refractivity (Wildman–Crippen MR) is 71.4 cm³/mol. The highest BCUT2D eigenvalue weighted by Gasteiger charge is 2.39. The van der Waals surface area contributed by atoms with Gasteiger partial charge in [-0.05, 0) is 19.1 Å². The first-order chi connectivity index (χ1) is 9.76. The molecule has 0 bridgehead atoms. The summed E-state index contributed by atoms with van der Waals surface area (Å²) < 4.78 is 65.0. The average Bonchev–Trinajstić information content (AvgIpc) is 2.46. The number of alkyl halides is 3. The molecule has 0 spiro atoms. The van der Waals surface area contributed by atoms with Crippen molar-refractivity contribution in [3.63, 3.8) is 0 Å². The maximum atomic E-state index is 13.0. The highest BCUT2D eigenvalue weighted by atomic mass is 32.2. The molecular weight excluding hydrogens is 305 g/mol. The van der Waals surface area contributed by atoms with Crippen molar-refractivity contribution in [3.05, 3.63) is 29.8 Å². The molecule has 1 fully saturated rings. The molecule has 0 unspecified atom stereocenters. The fraction of sp³-hybridized carbons (Fsp3) is 0.538. The van der Waals surface area contributed by atoms with E-state index in [1.165, 1.54) is 17.0 Å². The zero-order chi connectivity index (χ0) is 15.7. The van der Waals surface area contributed by atoms with E-state index in [0.29, 0.717) is 13.1 Å². The maximum absolute atomic E-state index is 13.0. The van der Waals surface area contributed by atoms with E-state index in [1.54, 1.807) is 0 Å². The first-order valence-electron chi connectivity index (χ1n) is 6.76. The second kappa shape index (κ2) is 5.94. The lowest BCUT2D eigenvalue weighted by Gasteiger charge is -2.31. The molecule has 0 aromatic heterocycles. The fourth-order valence-electron chi connectivity index (χ4n) is 2.46. The number of nitrogens with one attached hydrogen (secondary N) is 1.